The molecule has 0 saturated heterocycles. The van der Waals surface area contributed by atoms with Crippen molar-refractivity contribution in [1.82, 2.24) is 30.8 Å². The van der Waals surface area contributed by atoms with Gasteiger partial charge in [0.1, 0.15) is 12.4 Å². The summed E-state index contributed by atoms with van der Waals surface area (Å²) in [4.78, 5) is 24.7. The number of aromatic nitrogens is 4. The summed E-state index contributed by atoms with van der Waals surface area (Å²) in [6.07, 6.45) is 1.87. The number of hydrogen-bond donors (Lipinski definition) is 2. The van der Waals surface area contributed by atoms with Gasteiger partial charge in [-0.2, -0.15) is 0 Å². The summed E-state index contributed by atoms with van der Waals surface area (Å²) in [5, 5.41) is 17.2. The lowest BCUT2D eigenvalue weighted by Gasteiger charge is -2.16. The highest BCUT2D eigenvalue weighted by atomic mass is 35.5. The van der Waals surface area contributed by atoms with Crippen LogP contribution in [0.1, 0.15) is 22.0 Å². The topological polar surface area (TPSA) is 102 Å². The van der Waals surface area contributed by atoms with Gasteiger partial charge in [0.05, 0.1) is 0 Å². The van der Waals surface area contributed by atoms with Gasteiger partial charge < -0.3 is 10.6 Å². The molecule has 28 heavy (non-hydrogen) atoms. The van der Waals surface area contributed by atoms with Crippen LogP contribution in [0.25, 0.3) is 0 Å². The van der Waals surface area contributed by atoms with Crippen LogP contribution >= 0.6 is 11.6 Å². The van der Waals surface area contributed by atoms with Gasteiger partial charge in [0.25, 0.3) is 5.91 Å². The molecule has 3 aromatic rings. The zero-order valence-electron chi connectivity index (χ0n) is 15.0. The predicted octanol–water partition coefficient (Wildman–Crippen LogP) is 1.66. The Kier molecular flexibility index (Phi) is 6.69. The lowest BCUT2D eigenvalue weighted by atomic mass is 10.1. The molecule has 1 aromatic heterocycles. The van der Waals surface area contributed by atoms with Gasteiger partial charge in [-0.05, 0) is 40.3 Å². The van der Waals surface area contributed by atoms with E-state index in [1.165, 1.54) is 11.0 Å². The smallest absolute Gasteiger partial charge is 0.251 e. The molecule has 0 spiro atoms. The molecule has 0 aliphatic rings. The number of carbonyl (C=O) groups is 2. The number of amides is 2. The fraction of sp³-hybridized carbons (Fsp3) is 0.211. The van der Waals surface area contributed by atoms with Crippen molar-refractivity contribution < 1.29 is 9.59 Å². The van der Waals surface area contributed by atoms with Crippen LogP contribution in [0.15, 0.2) is 60.9 Å². The molecule has 0 aliphatic heterocycles. The van der Waals surface area contributed by atoms with Gasteiger partial charge in [-0.1, -0.05) is 41.9 Å². The number of tetrazole rings is 1. The minimum atomic E-state index is -0.579. The van der Waals surface area contributed by atoms with Crippen LogP contribution in [-0.4, -0.2) is 45.1 Å². The summed E-state index contributed by atoms with van der Waals surface area (Å²) < 4.78 is 1.43. The molecule has 1 heterocycles. The molecule has 0 fully saturated rings. The quantitative estimate of drug-likeness (QED) is 0.562. The van der Waals surface area contributed by atoms with Crippen LogP contribution in [0.3, 0.4) is 0 Å². The van der Waals surface area contributed by atoms with E-state index >= 15 is 0 Å². The molecule has 0 radical (unpaired) electrons. The Morgan fingerprint density at radius 2 is 1.71 bits per heavy atom. The summed E-state index contributed by atoms with van der Waals surface area (Å²) in [5.74, 6) is -0.455. The second-order valence-corrected chi connectivity index (χ2v) is 6.49. The summed E-state index contributed by atoms with van der Waals surface area (Å²) in [6.45, 7) is 0.576. The van der Waals surface area contributed by atoms with E-state index in [1.807, 2.05) is 30.3 Å². The maximum absolute atomic E-state index is 12.6. The van der Waals surface area contributed by atoms with E-state index in [0.29, 0.717) is 23.6 Å². The van der Waals surface area contributed by atoms with Crippen LogP contribution in [0.5, 0.6) is 0 Å². The lowest BCUT2D eigenvalue weighted by Crippen LogP contribution is -2.39. The van der Waals surface area contributed by atoms with Gasteiger partial charge in [-0.3, -0.25) is 9.59 Å². The van der Waals surface area contributed by atoms with Crippen molar-refractivity contribution in [2.75, 3.05) is 13.1 Å². The molecule has 0 bridgehead atoms. The largest absolute Gasteiger partial charge is 0.352 e. The summed E-state index contributed by atoms with van der Waals surface area (Å²) in [7, 11) is 0. The Balaban J connectivity index is 1.52. The fourth-order valence-electron chi connectivity index (χ4n) is 2.64. The summed E-state index contributed by atoms with van der Waals surface area (Å²) >= 11 is 5.81. The molecular weight excluding hydrogens is 380 g/mol. The second kappa shape index (κ2) is 9.61. The SMILES string of the molecule is O=C(NCCNC(=O)C(Cc1ccccc1)n1cnnn1)c1ccc(Cl)cc1. The van der Waals surface area contributed by atoms with E-state index in [4.69, 9.17) is 11.6 Å². The molecule has 1 atom stereocenters. The molecular formula is C19H19ClN6O2. The van der Waals surface area contributed by atoms with E-state index in [-0.39, 0.29) is 18.4 Å². The third-order valence-electron chi connectivity index (χ3n) is 4.07. The van der Waals surface area contributed by atoms with E-state index in [9.17, 15) is 9.59 Å². The van der Waals surface area contributed by atoms with Crippen molar-refractivity contribution in [3.63, 3.8) is 0 Å². The minimum absolute atomic E-state index is 0.225. The molecule has 9 heteroatoms. The van der Waals surface area contributed by atoms with E-state index in [2.05, 4.69) is 26.2 Å². The Bertz CT molecular complexity index is 900. The van der Waals surface area contributed by atoms with Gasteiger partial charge in [0, 0.05) is 30.1 Å². The standard InChI is InChI=1S/C19H19ClN6O2/c20-16-8-6-15(7-9-16)18(27)21-10-11-22-19(28)17(26-13-23-24-25-26)12-14-4-2-1-3-5-14/h1-9,13,17H,10-12H2,(H,21,27)(H,22,28). The van der Waals surface area contributed by atoms with Crippen molar-refractivity contribution >= 4 is 23.4 Å². The Hall–Kier alpha value is -3.26. The number of benzene rings is 2. The normalized spacial score (nSPS) is 11.6. The molecule has 2 N–H and O–H groups in total. The van der Waals surface area contributed by atoms with Crippen LogP contribution in [-0.2, 0) is 11.2 Å². The lowest BCUT2D eigenvalue weighted by molar-refractivity contribution is -0.124. The van der Waals surface area contributed by atoms with Gasteiger partial charge in [-0.25, -0.2) is 4.68 Å². The van der Waals surface area contributed by atoms with E-state index in [0.717, 1.165) is 5.56 Å². The number of halogens is 1. The monoisotopic (exact) mass is 398 g/mol. The first-order valence-corrected chi connectivity index (χ1v) is 9.09. The highest BCUT2D eigenvalue weighted by Crippen LogP contribution is 2.13. The highest BCUT2D eigenvalue weighted by molar-refractivity contribution is 6.30. The number of nitrogens with zero attached hydrogens (tertiary/aromatic N) is 4. The van der Waals surface area contributed by atoms with Crippen LogP contribution in [0.4, 0.5) is 0 Å². The van der Waals surface area contributed by atoms with Crippen LogP contribution in [0.2, 0.25) is 5.02 Å². The van der Waals surface area contributed by atoms with Crippen LogP contribution in [0, 0.1) is 0 Å². The van der Waals surface area contributed by atoms with Crippen molar-refractivity contribution in [1.29, 1.82) is 0 Å². The van der Waals surface area contributed by atoms with Gasteiger partial charge in [0.2, 0.25) is 5.91 Å². The minimum Gasteiger partial charge on any atom is -0.352 e. The first-order valence-electron chi connectivity index (χ1n) is 8.71. The summed E-state index contributed by atoms with van der Waals surface area (Å²) in [6, 6.07) is 15.6. The molecule has 2 amide bonds. The molecule has 144 valence electrons. The Labute approximate surface area is 166 Å². The van der Waals surface area contributed by atoms with E-state index in [1.54, 1.807) is 24.3 Å². The molecule has 1 unspecified atom stereocenters. The van der Waals surface area contributed by atoms with Gasteiger partial charge >= 0.3 is 0 Å². The molecule has 2 aromatic carbocycles. The average Bonchev–Trinajstić information content (AvgIpc) is 3.25. The maximum atomic E-state index is 12.6. The van der Waals surface area contributed by atoms with Crippen molar-refractivity contribution in [2.24, 2.45) is 0 Å². The Morgan fingerprint density at radius 1 is 1.00 bits per heavy atom. The maximum Gasteiger partial charge on any atom is 0.251 e. The Morgan fingerprint density at radius 3 is 2.39 bits per heavy atom. The van der Waals surface area contributed by atoms with Crippen LogP contribution < -0.4 is 10.6 Å². The molecule has 8 nitrogen and oxygen atoms in total. The number of nitrogens with one attached hydrogen (secondary N) is 2. The zero-order chi connectivity index (χ0) is 19.8. The third kappa shape index (κ3) is 5.37. The molecule has 0 aliphatic carbocycles. The zero-order valence-corrected chi connectivity index (χ0v) is 15.7. The first-order chi connectivity index (χ1) is 13.6. The van der Waals surface area contributed by atoms with Gasteiger partial charge in [0.15, 0.2) is 0 Å². The number of carbonyl (C=O) groups excluding carboxylic acids is 2. The number of rotatable bonds is 8. The third-order valence-corrected chi connectivity index (χ3v) is 4.33. The molecule has 0 saturated carbocycles. The second-order valence-electron chi connectivity index (χ2n) is 6.05. The van der Waals surface area contributed by atoms with Gasteiger partial charge in [-0.15, -0.1) is 5.10 Å². The summed E-state index contributed by atoms with van der Waals surface area (Å²) in [5.41, 5.74) is 1.50. The highest BCUT2D eigenvalue weighted by Gasteiger charge is 2.22. The number of hydrogen-bond acceptors (Lipinski definition) is 5. The van der Waals surface area contributed by atoms with Crippen molar-refractivity contribution in [2.45, 2.75) is 12.5 Å². The first kappa shape index (κ1) is 19.5. The van der Waals surface area contributed by atoms with Crippen molar-refractivity contribution in [3.8, 4) is 0 Å². The average molecular weight is 399 g/mol. The van der Waals surface area contributed by atoms with Crippen molar-refractivity contribution in [3.05, 3.63) is 77.1 Å². The fourth-order valence-corrected chi connectivity index (χ4v) is 2.76. The van der Waals surface area contributed by atoms with E-state index < -0.39 is 6.04 Å². The molecule has 3 rings (SSSR count). The predicted molar refractivity (Wildman–Crippen MR) is 104 cm³/mol.